The van der Waals surface area contributed by atoms with Crippen molar-refractivity contribution < 1.29 is 9.53 Å². The van der Waals surface area contributed by atoms with E-state index < -0.39 is 0 Å². The first-order chi connectivity index (χ1) is 9.11. The first-order valence-corrected chi connectivity index (χ1v) is 6.58. The average Bonchev–Trinajstić information content (AvgIpc) is 2.79. The molecule has 1 aromatic heterocycles. The van der Waals surface area contributed by atoms with Crippen molar-refractivity contribution in [2.24, 2.45) is 0 Å². The third-order valence-electron chi connectivity index (χ3n) is 3.19. The third-order valence-corrected chi connectivity index (χ3v) is 3.19. The fourth-order valence-electron chi connectivity index (χ4n) is 2.17. The van der Waals surface area contributed by atoms with Gasteiger partial charge in [-0.15, -0.1) is 0 Å². The molecule has 0 radical (unpaired) electrons. The molecular weight excluding hydrogens is 240 g/mol. The second-order valence-electron chi connectivity index (χ2n) is 4.70. The topological polar surface area (TPSA) is 54.1 Å². The van der Waals surface area contributed by atoms with Crippen molar-refractivity contribution in [3.05, 3.63) is 35.5 Å². The molecule has 102 valence electrons. The molecule has 1 unspecified atom stereocenters. The number of hydrogen-bond donors (Lipinski definition) is 2. The summed E-state index contributed by atoms with van der Waals surface area (Å²) in [5.41, 5.74) is 3.51. The molecule has 2 N–H and O–H groups in total. The van der Waals surface area contributed by atoms with Crippen LogP contribution in [-0.4, -0.2) is 24.1 Å². The third kappa shape index (κ3) is 3.15. The Bertz CT molecular complexity index is 575. The van der Waals surface area contributed by atoms with Crippen molar-refractivity contribution in [2.45, 2.75) is 26.8 Å². The van der Waals surface area contributed by atoms with Crippen LogP contribution in [-0.2, 0) is 9.53 Å². The number of ether oxygens (including phenoxy) is 1. The van der Waals surface area contributed by atoms with Gasteiger partial charge in [0.1, 0.15) is 0 Å². The van der Waals surface area contributed by atoms with E-state index in [0.29, 0.717) is 6.61 Å². The lowest BCUT2D eigenvalue weighted by Gasteiger charge is -2.12. The van der Waals surface area contributed by atoms with Crippen LogP contribution in [0.4, 0.5) is 0 Å². The molecule has 2 rings (SSSR count). The predicted molar refractivity (Wildman–Crippen MR) is 76.1 cm³/mol. The van der Waals surface area contributed by atoms with E-state index in [1.165, 1.54) is 16.5 Å². The maximum Gasteiger partial charge on any atom is 0.319 e. The summed E-state index contributed by atoms with van der Waals surface area (Å²) in [5.74, 6) is -0.217. The van der Waals surface area contributed by atoms with Crippen LogP contribution in [0.2, 0.25) is 0 Å². The molecule has 19 heavy (non-hydrogen) atoms. The van der Waals surface area contributed by atoms with E-state index in [2.05, 4.69) is 35.4 Å². The van der Waals surface area contributed by atoms with Gasteiger partial charge in [0.15, 0.2) is 0 Å². The molecule has 0 saturated heterocycles. The molecule has 0 bridgehead atoms. The number of nitrogens with one attached hydrogen (secondary N) is 2. The highest BCUT2D eigenvalue weighted by molar-refractivity contribution is 5.84. The first-order valence-electron chi connectivity index (χ1n) is 6.58. The van der Waals surface area contributed by atoms with Crippen LogP contribution < -0.4 is 5.32 Å². The minimum Gasteiger partial charge on any atom is -0.465 e. The van der Waals surface area contributed by atoms with Crippen molar-refractivity contribution in [3.8, 4) is 0 Å². The Morgan fingerprint density at radius 3 is 3.00 bits per heavy atom. The van der Waals surface area contributed by atoms with E-state index in [1.54, 1.807) is 0 Å². The van der Waals surface area contributed by atoms with Gasteiger partial charge in [-0.2, -0.15) is 0 Å². The number of fused-ring (bicyclic) bond motifs is 1. The number of carbonyl (C=O) groups is 1. The molecular formula is C15H20N2O2. The molecule has 0 saturated carbocycles. The van der Waals surface area contributed by atoms with Crippen molar-refractivity contribution in [1.82, 2.24) is 10.3 Å². The van der Waals surface area contributed by atoms with Gasteiger partial charge in [-0.05, 0) is 38.5 Å². The molecule has 2 aromatic rings. The molecule has 4 heteroatoms. The summed E-state index contributed by atoms with van der Waals surface area (Å²) in [4.78, 5) is 14.6. The standard InChI is InChI=1S/C15H20N2O2/c1-4-19-15(18)9-16-11(3)13-8-17-14-6-5-10(2)7-12(13)14/h5-8,11,16-17H,4,9H2,1-3H3. The molecule has 1 aromatic carbocycles. The quantitative estimate of drug-likeness (QED) is 0.813. The highest BCUT2D eigenvalue weighted by Gasteiger charge is 2.12. The average molecular weight is 260 g/mol. The molecule has 0 aliphatic rings. The summed E-state index contributed by atoms with van der Waals surface area (Å²) in [7, 11) is 0. The number of aryl methyl sites for hydroxylation is 1. The Kier molecular flexibility index (Phi) is 4.22. The lowest BCUT2D eigenvalue weighted by Crippen LogP contribution is -2.27. The summed E-state index contributed by atoms with van der Waals surface area (Å²) in [6.45, 7) is 6.58. The van der Waals surface area contributed by atoms with E-state index in [9.17, 15) is 4.79 Å². The van der Waals surface area contributed by atoms with Crippen molar-refractivity contribution in [2.75, 3.05) is 13.2 Å². The number of esters is 1. The number of carbonyl (C=O) groups excluding carboxylic acids is 1. The van der Waals surface area contributed by atoms with Crippen LogP contribution in [0.15, 0.2) is 24.4 Å². The lowest BCUT2D eigenvalue weighted by atomic mass is 10.1. The molecule has 0 aliphatic carbocycles. The van der Waals surface area contributed by atoms with E-state index in [-0.39, 0.29) is 18.6 Å². The number of H-pyrrole nitrogens is 1. The molecule has 0 spiro atoms. The van der Waals surface area contributed by atoms with Crippen LogP contribution in [0.1, 0.15) is 31.0 Å². The Labute approximate surface area is 113 Å². The number of aromatic amines is 1. The molecule has 1 atom stereocenters. The molecule has 0 fully saturated rings. The van der Waals surface area contributed by atoms with Gasteiger partial charge in [0.2, 0.25) is 0 Å². The van der Waals surface area contributed by atoms with Gasteiger partial charge in [-0.25, -0.2) is 0 Å². The highest BCUT2D eigenvalue weighted by Crippen LogP contribution is 2.24. The van der Waals surface area contributed by atoms with Crippen LogP contribution in [0, 0.1) is 6.92 Å². The molecule has 0 aliphatic heterocycles. The number of aromatic nitrogens is 1. The van der Waals surface area contributed by atoms with Gasteiger partial charge in [0.25, 0.3) is 0 Å². The molecule has 1 heterocycles. The van der Waals surface area contributed by atoms with Crippen LogP contribution in [0.5, 0.6) is 0 Å². The Hall–Kier alpha value is -1.81. The van der Waals surface area contributed by atoms with Crippen molar-refractivity contribution in [3.63, 3.8) is 0 Å². The second-order valence-corrected chi connectivity index (χ2v) is 4.70. The molecule has 0 amide bonds. The zero-order valence-electron chi connectivity index (χ0n) is 11.6. The maximum absolute atomic E-state index is 11.3. The predicted octanol–water partition coefficient (Wildman–Crippen LogP) is 2.69. The lowest BCUT2D eigenvalue weighted by molar-refractivity contribution is -0.142. The largest absolute Gasteiger partial charge is 0.465 e. The zero-order valence-corrected chi connectivity index (χ0v) is 11.6. The van der Waals surface area contributed by atoms with E-state index >= 15 is 0 Å². The minimum absolute atomic E-state index is 0.0972. The Morgan fingerprint density at radius 1 is 1.47 bits per heavy atom. The van der Waals surface area contributed by atoms with Gasteiger partial charge >= 0.3 is 5.97 Å². The SMILES string of the molecule is CCOC(=O)CNC(C)c1c[nH]c2ccc(C)cc12. The van der Waals surface area contributed by atoms with Gasteiger partial charge < -0.3 is 15.0 Å². The van der Waals surface area contributed by atoms with Gasteiger partial charge in [0.05, 0.1) is 13.2 Å². The minimum atomic E-state index is -0.217. The van der Waals surface area contributed by atoms with Gasteiger partial charge in [0, 0.05) is 23.1 Å². The summed E-state index contributed by atoms with van der Waals surface area (Å²) in [5, 5.41) is 4.38. The van der Waals surface area contributed by atoms with Crippen LogP contribution in [0.3, 0.4) is 0 Å². The fraction of sp³-hybridized carbons (Fsp3) is 0.400. The van der Waals surface area contributed by atoms with Gasteiger partial charge in [-0.1, -0.05) is 11.6 Å². The van der Waals surface area contributed by atoms with E-state index in [1.807, 2.05) is 20.0 Å². The van der Waals surface area contributed by atoms with Gasteiger partial charge in [-0.3, -0.25) is 4.79 Å². The summed E-state index contributed by atoms with van der Waals surface area (Å²) < 4.78 is 4.91. The van der Waals surface area contributed by atoms with Crippen molar-refractivity contribution in [1.29, 1.82) is 0 Å². The number of hydrogen-bond acceptors (Lipinski definition) is 3. The second kappa shape index (κ2) is 5.89. The summed E-state index contributed by atoms with van der Waals surface area (Å²) >= 11 is 0. The maximum atomic E-state index is 11.3. The monoisotopic (exact) mass is 260 g/mol. The Balaban J connectivity index is 2.11. The highest BCUT2D eigenvalue weighted by atomic mass is 16.5. The Morgan fingerprint density at radius 2 is 2.26 bits per heavy atom. The number of benzene rings is 1. The molecule has 4 nitrogen and oxygen atoms in total. The zero-order chi connectivity index (χ0) is 13.8. The van der Waals surface area contributed by atoms with E-state index in [4.69, 9.17) is 4.74 Å². The summed E-state index contributed by atoms with van der Waals surface area (Å²) in [6.07, 6.45) is 1.99. The summed E-state index contributed by atoms with van der Waals surface area (Å²) in [6, 6.07) is 6.41. The normalized spacial score (nSPS) is 12.6. The first kappa shape index (κ1) is 13.6. The number of rotatable bonds is 5. The van der Waals surface area contributed by atoms with Crippen molar-refractivity contribution >= 4 is 16.9 Å². The fourth-order valence-corrected chi connectivity index (χ4v) is 2.17. The van der Waals surface area contributed by atoms with Crippen LogP contribution >= 0.6 is 0 Å². The van der Waals surface area contributed by atoms with E-state index in [0.717, 1.165) is 5.52 Å². The van der Waals surface area contributed by atoms with Crippen LogP contribution in [0.25, 0.3) is 10.9 Å². The smallest absolute Gasteiger partial charge is 0.319 e.